The summed E-state index contributed by atoms with van der Waals surface area (Å²) in [4.78, 5) is 0. The molecule has 0 saturated carbocycles. The van der Waals surface area contributed by atoms with E-state index in [0.717, 1.165) is 11.1 Å². The quantitative estimate of drug-likeness (QED) is 0.894. The van der Waals surface area contributed by atoms with E-state index in [1.807, 2.05) is 25.1 Å². The van der Waals surface area contributed by atoms with E-state index in [-0.39, 0.29) is 5.56 Å². The molecule has 0 aliphatic carbocycles. The topological polar surface area (TPSA) is 29.5 Å². The van der Waals surface area contributed by atoms with E-state index in [2.05, 4.69) is 0 Å². The summed E-state index contributed by atoms with van der Waals surface area (Å²) in [6, 6.07) is 11.5. The van der Waals surface area contributed by atoms with E-state index < -0.39 is 12.5 Å². The molecule has 0 amide bonds. The minimum Gasteiger partial charge on any atom is -0.496 e. The zero-order chi connectivity index (χ0) is 15.4. The molecule has 112 valence electrons. The molecule has 1 unspecified atom stereocenters. The molecule has 0 aliphatic rings. The largest absolute Gasteiger partial charge is 0.496 e. The molecule has 0 radical (unpaired) electrons. The molecule has 0 bridgehead atoms. The molecule has 1 atom stereocenters. The minimum absolute atomic E-state index is 0.0425. The Labute approximate surface area is 123 Å². The summed E-state index contributed by atoms with van der Waals surface area (Å²) < 4.78 is 30.3. The van der Waals surface area contributed by atoms with Gasteiger partial charge < -0.3 is 9.84 Å². The predicted molar refractivity (Wildman–Crippen MR) is 77.8 cm³/mol. The molecule has 0 saturated heterocycles. The van der Waals surface area contributed by atoms with Crippen molar-refractivity contribution < 1.29 is 18.6 Å². The van der Waals surface area contributed by atoms with Gasteiger partial charge in [-0.15, -0.1) is 0 Å². The van der Waals surface area contributed by atoms with Crippen LogP contribution in [-0.4, -0.2) is 12.2 Å². The smallest absolute Gasteiger partial charge is 0.263 e. The molecule has 21 heavy (non-hydrogen) atoms. The van der Waals surface area contributed by atoms with Crippen molar-refractivity contribution in [3.63, 3.8) is 0 Å². The molecule has 0 aliphatic heterocycles. The highest BCUT2D eigenvalue weighted by atomic mass is 19.3. The monoisotopic (exact) mass is 292 g/mol. The first-order chi connectivity index (χ1) is 10.0. The van der Waals surface area contributed by atoms with Crippen LogP contribution in [0.5, 0.6) is 5.75 Å². The van der Waals surface area contributed by atoms with Crippen LogP contribution >= 0.6 is 0 Å². The van der Waals surface area contributed by atoms with Gasteiger partial charge in [0, 0.05) is 12.0 Å². The van der Waals surface area contributed by atoms with Gasteiger partial charge in [-0.3, -0.25) is 0 Å². The zero-order valence-corrected chi connectivity index (χ0v) is 12.0. The number of halogens is 2. The fourth-order valence-electron chi connectivity index (χ4n) is 2.26. The number of rotatable bonds is 5. The Kier molecular flexibility index (Phi) is 4.91. The maximum atomic E-state index is 12.5. The summed E-state index contributed by atoms with van der Waals surface area (Å²) in [6.07, 6.45) is -2.88. The van der Waals surface area contributed by atoms with Crippen LogP contribution < -0.4 is 4.74 Å². The molecule has 0 spiro atoms. The Balaban J connectivity index is 2.17. The van der Waals surface area contributed by atoms with Crippen LogP contribution in [0.25, 0.3) is 0 Å². The summed E-state index contributed by atoms with van der Waals surface area (Å²) in [5.41, 5.74) is 2.54. The van der Waals surface area contributed by atoms with Gasteiger partial charge in [0.2, 0.25) is 0 Å². The second-order valence-electron chi connectivity index (χ2n) is 5.00. The van der Waals surface area contributed by atoms with Crippen molar-refractivity contribution in [3.8, 4) is 5.75 Å². The Morgan fingerprint density at radius 3 is 2.24 bits per heavy atom. The van der Waals surface area contributed by atoms with Crippen molar-refractivity contribution >= 4 is 0 Å². The number of aliphatic hydroxyl groups is 1. The van der Waals surface area contributed by atoms with Crippen LogP contribution in [0.2, 0.25) is 0 Å². The van der Waals surface area contributed by atoms with Gasteiger partial charge in [-0.2, -0.15) is 0 Å². The second kappa shape index (κ2) is 6.68. The molecular formula is C17H18F2O2. The molecule has 0 heterocycles. The summed E-state index contributed by atoms with van der Waals surface area (Å²) in [5.74, 6) is 0.712. The Morgan fingerprint density at radius 1 is 1.05 bits per heavy atom. The van der Waals surface area contributed by atoms with Crippen molar-refractivity contribution in [2.45, 2.75) is 25.9 Å². The highest BCUT2D eigenvalue weighted by Gasteiger charge is 2.13. The maximum absolute atomic E-state index is 12.5. The summed E-state index contributed by atoms with van der Waals surface area (Å²) in [7, 11) is 1.58. The molecule has 2 rings (SSSR count). The van der Waals surface area contributed by atoms with E-state index in [9.17, 15) is 13.9 Å². The maximum Gasteiger partial charge on any atom is 0.263 e. The van der Waals surface area contributed by atoms with Crippen molar-refractivity contribution in [3.05, 3.63) is 64.7 Å². The molecule has 2 aromatic rings. The lowest BCUT2D eigenvalue weighted by Crippen LogP contribution is -2.04. The summed E-state index contributed by atoms with van der Waals surface area (Å²) in [6.45, 7) is 1.97. The van der Waals surface area contributed by atoms with Gasteiger partial charge in [-0.05, 0) is 24.1 Å². The highest BCUT2D eigenvalue weighted by molar-refractivity contribution is 5.38. The van der Waals surface area contributed by atoms with Gasteiger partial charge in [-0.1, -0.05) is 42.0 Å². The lowest BCUT2D eigenvalue weighted by molar-refractivity contribution is 0.151. The third-order valence-electron chi connectivity index (χ3n) is 3.42. The second-order valence-corrected chi connectivity index (χ2v) is 5.00. The van der Waals surface area contributed by atoms with Crippen molar-refractivity contribution in [1.29, 1.82) is 0 Å². The normalized spacial score (nSPS) is 12.5. The fourth-order valence-corrected chi connectivity index (χ4v) is 2.26. The Morgan fingerprint density at radius 2 is 1.67 bits per heavy atom. The average molecular weight is 292 g/mol. The molecule has 0 aromatic heterocycles. The van der Waals surface area contributed by atoms with Gasteiger partial charge in [-0.25, -0.2) is 8.78 Å². The number of hydrogen-bond acceptors (Lipinski definition) is 2. The Bertz CT molecular complexity index is 594. The predicted octanol–water partition coefficient (Wildman–Crippen LogP) is 4.22. The van der Waals surface area contributed by atoms with Crippen LogP contribution in [0, 0.1) is 6.92 Å². The first-order valence-electron chi connectivity index (χ1n) is 6.71. The third kappa shape index (κ3) is 3.79. The van der Waals surface area contributed by atoms with Crippen molar-refractivity contribution in [2.75, 3.05) is 7.11 Å². The van der Waals surface area contributed by atoms with Crippen molar-refractivity contribution in [1.82, 2.24) is 0 Å². The number of hydrogen-bond donors (Lipinski definition) is 1. The number of ether oxygens (including phenoxy) is 1. The van der Waals surface area contributed by atoms with Crippen LogP contribution in [-0.2, 0) is 6.42 Å². The van der Waals surface area contributed by atoms with Gasteiger partial charge in [0.25, 0.3) is 6.43 Å². The van der Waals surface area contributed by atoms with Crippen LogP contribution in [0.3, 0.4) is 0 Å². The van der Waals surface area contributed by atoms with E-state index >= 15 is 0 Å². The summed E-state index contributed by atoms with van der Waals surface area (Å²) in [5, 5.41) is 10.3. The summed E-state index contributed by atoms with van der Waals surface area (Å²) >= 11 is 0. The first-order valence-corrected chi connectivity index (χ1v) is 6.71. The van der Waals surface area contributed by atoms with E-state index in [1.54, 1.807) is 7.11 Å². The molecular weight excluding hydrogens is 274 g/mol. The standard InChI is InChI=1S/C17H18F2O2/c1-11-3-8-16(21-2)14(9-11)10-15(20)12-4-6-13(7-5-12)17(18)19/h3-9,15,17,20H,10H2,1-2H3. The lowest BCUT2D eigenvalue weighted by Gasteiger charge is -2.15. The van der Waals surface area contributed by atoms with Gasteiger partial charge in [0.15, 0.2) is 0 Å². The third-order valence-corrected chi connectivity index (χ3v) is 3.42. The Hall–Kier alpha value is -1.94. The molecule has 1 N–H and O–H groups in total. The molecule has 4 heteroatoms. The van der Waals surface area contributed by atoms with Crippen molar-refractivity contribution in [2.24, 2.45) is 0 Å². The number of aryl methyl sites for hydroxylation is 1. The van der Waals surface area contributed by atoms with Crippen LogP contribution in [0.1, 0.15) is 34.8 Å². The van der Waals surface area contributed by atoms with Gasteiger partial charge in [0.05, 0.1) is 13.2 Å². The fraction of sp³-hybridized carbons (Fsp3) is 0.294. The zero-order valence-electron chi connectivity index (χ0n) is 12.0. The number of methoxy groups -OCH3 is 1. The average Bonchev–Trinajstić information content (AvgIpc) is 2.47. The number of aliphatic hydroxyl groups excluding tert-OH is 1. The van der Waals surface area contributed by atoms with Crippen LogP contribution in [0.15, 0.2) is 42.5 Å². The van der Waals surface area contributed by atoms with E-state index in [1.165, 1.54) is 24.3 Å². The molecule has 2 nitrogen and oxygen atoms in total. The number of alkyl halides is 2. The number of benzene rings is 2. The molecule has 0 fully saturated rings. The highest BCUT2D eigenvalue weighted by Crippen LogP contribution is 2.27. The van der Waals surface area contributed by atoms with Gasteiger partial charge in [0.1, 0.15) is 5.75 Å². The van der Waals surface area contributed by atoms with Gasteiger partial charge >= 0.3 is 0 Å². The lowest BCUT2D eigenvalue weighted by atomic mass is 9.98. The van der Waals surface area contributed by atoms with Crippen LogP contribution in [0.4, 0.5) is 8.78 Å². The molecule has 2 aromatic carbocycles. The SMILES string of the molecule is COc1ccc(C)cc1CC(O)c1ccc(C(F)F)cc1. The van der Waals surface area contributed by atoms with E-state index in [4.69, 9.17) is 4.74 Å². The minimum atomic E-state index is -2.49. The van der Waals surface area contributed by atoms with E-state index in [0.29, 0.717) is 17.7 Å². The first kappa shape index (κ1) is 15.4.